The van der Waals surface area contributed by atoms with Crippen molar-refractivity contribution in [3.63, 3.8) is 0 Å². The molecule has 268 valence electrons. The predicted octanol–water partition coefficient (Wildman–Crippen LogP) is 14.6. The van der Waals surface area contributed by atoms with Crippen LogP contribution in [0.25, 0.3) is 77.7 Å². The Kier molecular flexibility index (Phi) is 8.86. The van der Waals surface area contributed by atoms with Gasteiger partial charge in [0.1, 0.15) is 0 Å². The molecule has 3 nitrogen and oxygen atoms in total. The van der Waals surface area contributed by atoms with Gasteiger partial charge < -0.3 is 4.90 Å². The normalized spacial score (nSPS) is 11.2. The maximum Gasteiger partial charge on any atom is 0.0973 e. The van der Waals surface area contributed by atoms with Crippen molar-refractivity contribution in [1.29, 1.82) is 0 Å². The second-order valence-corrected chi connectivity index (χ2v) is 14.2. The van der Waals surface area contributed by atoms with Gasteiger partial charge in [-0.25, -0.2) is 9.97 Å². The van der Waals surface area contributed by atoms with Gasteiger partial charge in [0.05, 0.1) is 28.1 Å². The average Bonchev–Trinajstić information content (AvgIpc) is 3.30. The van der Waals surface area contributed by atoms with Crippen LogP contribution in [0.5, 0.6) is 0 Å². The van der Waals surface area contributed by atoms with E-state index in [-0.39, 0.29) is 0 Å². The maximum atomic E-state index is 5.32. The van der Waals surface area contributed by atoms with Gasteiger partial charge >= 0.3 is 0 Å². The van der Waals surface area contributed by atoms with Crippen molar-refractivity contribution >= 4 is 38.9 Å². The van der Waals surface area contributed by atoms with Crippen molar-refractivity contribution in [2.45, 2.75) is 0 Å². The number of fused-ring (bicyclic) bond motifs is 3. The molecule has 10 rings (SSSR count). The molecule has 1 heterocycles. The van der Waals surface area contributed by atoms with E-state index in [2.05, 4.69) is 217 Å². The molecule has 57 heavy (non-hydrogen) atoms. The van der Waals surface area contributed by atoms with Crippen LogP contribution in [0.3, 0.4) is 0 Å². The number of para-hydroxylation sites is 1. The van der Waals surface area contributed by atoms with Gasteiger partial charge in [-0.2, -0.15) is 0 Å². The molecule has 0 amide bonds. The van der Waals surface area contributed by atoms with Crippen molar-refractivity contribution in [3.05, 3.63) is 224 Å². The minimum absolute atomic E-state index is 0.880. The summed E-state index contributed by atoms with van der Waals surface area (Å²) in [6.45, 7) is 0. The third-order valence-corrected chi connectivity index (χ3v) is 10.7. The summed E-state index contributed by atoms with van der Waals surface area (Å²) >= 11 is 0. The average molecular weight is 728 g/mol. The van der Waals surface area contributed by atoms with Crippen LogP contribution in [0.2, 0.25) is 0 Å². The molecule has 0 radical (unpaired) electrons. The molecule has 0 spiro atoms. The highest BCUT2D eigenvalue weighted by atomic mass is 15.1. The van der Waals surface area contributed by atoms with E-state index >= 15 is 0 Å². The van der Waals surface area contributed by atoms with E-state index in [9.17, 15) is 0 Å². The SMILES string of the molecule is c1ccc(-c2ccc(N(c3ccc(-c4ccc5c(ccc6nc(-c7ccccc7)c(-c7ccccc7)nc65)c4)cc3)c3ccccc3-c3ccccc3)cc2)cc1. The number of hydrogen-bond acceptors (Lipinski definition) is 3. The van der Waals surface area contributed by atoms with Gasteiger partial charge in [0, 0.05) is 33.5 Å². The van der Waals surface area contributed by atoms with E-state index in [1.165, 1.54) is 22.3 Å². The topological polar surface area (TPSA) is 29.0 Å². The van der Waals surface area contributed by atoms with Crippen LogP contribution >= 0.6 is 0 Å². The fourth-order valence-electron chi connectivity index (χ4n) is 7.82. The van der Waals surface area contributed by atoms with Crippen LogP contribution in [0, 0.1) is 0 Å². The largest absolute Gasteiger partial charge is 0.310 e. The number of anilines is 3. The lowest BCUT2D eigenvalue weighted by Crippen LogP contribution is -2.11. The van der Waals surface area contributed by atoms with Crippen LogP contribution < -0.4 is 4.90 Å². The molecule has 0 saturated heterocycles. The summed E-state index contributed by atoms with van der Waals surface area (Å²) in [7, 11) is 0. The third kappa shape index (κ3) is 6.62. The lowest BCUT2D eigenvalue weighted by Gasteiger charge is -2.28. The third-order valence-electron chi connectivity index (χ3n) is 10.7. The van der Waals surface area contributed by atoms with Crippen LogP contribution in [0.1, 0.15) is 0 Å². The van der Waals surface area contributed by atoms with Gasteiger partial charge in [-0.05, 0) is 75.7 Å². The van der Waals surface area contributed by atoms with Crippen LogP contribution in [-0.4, -0.2) is 9.97 Å². The molecular weight excluding hydrogens is 691 g/mol. The van der Waals surface area contributed by atoms with Crippen molar-refractivity contribution in [1.82, 2.24) is 9.97 Å². The summed E-state index contributed by atoms with van der Waals surface area (Å²) in [6, 6.07) is 79.3. The van der Waals surface area contributed by atoms with Gasteiger partial charge in [-0.15, -0.1) is 0 Å². The zero-order chi connectivity index (χ0) is 38.0. The number of hydrogen-bond donors (Lipinski definition) is 0. The Morgan fingerprint density at radius 2 is 0.772 bits per heavy atom. The zero-order valence-corrected chi connectivity index (χ0v) is 31.2. The molecule has 0 saturated carbocycles. The van der Waals surface area contributed by atoms with E-state index in [0.717, 1.165) is 72.5 Å². The van der Waals surface area contributed by atoms with E-state index in [4.69, 9.17) is 9.97 Å². The minimum atomic E-state index is 0.880. The predicted molar refractivity (Wildman–Crippen MR) is 239 cm³/mol. The molecule has 0 aliphatic heterocycles. The summed E-state index contributed by atoms with van der Waals surface area (Å²) in [4.78, 5) is 12.9. The van der Waals surface area contributed by atoms with E-state index in [1.54, 1.807) is 0 Å². The summed E-state index contributed by atoms with van der Waals surface area (Å²) in [5, 5.41) is 2.21. The Bertz CT molecular complexity index is 2960. The molecule has 10 aromatic rings. The van der Waals surface area contributed by atoms with Crippen LogP contribution in [0.4, 0.5) is 17.1 Å². The lowest BCUT2D eigenvalue weighted by atomic mass is 9.98. The first kappa shape index (κ1) is 33.9. The Balaban J connectivity index is 1.04. The number of benzene rings is 9. The van der Waals surface area contributed by atoms with Crippen molar-refractivity contribution in [2.75, 3.05) is 4.90 Å². The highest BCUT2D eigenvalue weighted by Crippen LogP contribution is 2.42. The first-order valence-electron chi connectivity index (χ1n) is 19.3. The zero-order valence-electron chi connectivity index (χ0n) is 31.2. The fourth-order valence-corrected chi connectivity index (χ4v) is 7.82. The molecule has 0 aliphatic carbocycles. The molecule has 9 aromatic carbocycles. The van der Waals surface area contributed by atoms with Gasteiger partial charge in [0.15, 0.2) is 0 Å². The Labute approximate surface area is 332 Å². The van der Waals surface area contributed by atoms with E-state index < -0.39 is 0 Å². The second kappa shape index (κ2) is 14.9. The quantitative estimate of drug-likeness (QED) is 0.146. The molecule has 0 N–H and O–H groups in total. The fraction of sp³-hybridized carbons (Fsp3) is 0. The Morgan fingerprint density at radius 3 is 1.37 bits per heavy atom. The lowest BCUT2D eigenvalue weighted by molar-refractivity contribution is 1.28. The highest BCUT2D eigenvalue weighted by molar-refractivity contribution is 6.06. The van der Waals surface area contributed by atoms with Crippen LogP contribution in [0.15, 0.2) is 224 Å². The number of nitrogens with zero attached hydrogens (tertiary/aromatic N) is 3. The Morgan fingerprint density at radius 1 is 0.316 bits per heavy atom. The number of aromatic nitrogens is 2. The van der Waals surface area contributed by atoms with Crippen LogP contribution in [-0.2, 0) is 0 Å². The standard InChI is InChI=1S/C54H37N3/c1-5-15-38(16-6-1)39-25-31-46(32-26-39)57(51-24-14-13-23-48(51)41-17-7-2-8-18-41)47-33-27-40(28-34-47)44-29-35-49-45(37-44)30-36-50-54(49)56-53(43-21-11-4-12-22-43)52(55-50)42-19-9-3-10-20-42/h1-37H. The molecule has 0 fully saturated rings. The first-order chi connectivity index (χ1) is 28.3. The molecule has 0 bridgehead atoms. The van der Waals surface area contributed by atoms with Crippen molar-refractivity contribution in [3.8, 4) is 55.9 Å². The highest BCUT2D eigenvalue weighted by Gasteiger charge is 2.18. The van der Waals surface area contributed by atoms with Gasteiger partial charge in [-0.1, -0.05) is 182 Å². The summed E-state index contributed by atoms with van der Waals surface area (Å²) < 4.78 is 0. The Hall–Kier alpha value is -7.62. The monoisotopic (exact) mass is 727 g/mol. The summed E-state index contributed by atoms with van der Waals surface area (Å²) in [5.41, 5.74) is 16.0. The molecular formula is C54H37N3. The van der Waals surface area contributed by atoms with E-state index in [1.807, 2.05) is 12.1 Å². The first-order valence-corrected chi connectivity index (χ1v) is 19.3. The molecule has 0 atom stereocenters. The van der Waals surface area contributed by atoms with Gasteiger partial charge in [0.2, 0.25) is 0 Å². The second-order valence-electron chi connectivity index (χ2n) is 14.2. The molecule has 1 aromatic heterocycles. The summed E-state index contributed by atoms with van der Waals surface area (Å²) in [5.74, 6) is 0. The number of rotatable bonds is 8. The minimum Gasteiger partial charge on any atom is -0.310 e. The molecule has 3 heteroatoms. The van der Waals surface area contributed by atoms with E-state index in [0.29, 0.717) is 0 Å². The smallest absolute Gasteiger partial charge is 0.0973 e. The van der Waals surface area contributed by atoms with Gasteiger partial charge in [-0.3, -0.25) is 0 Å². The maximum absolute atomic E-state index is 5.32. The molecule has 0 aliphatic rings. The van der Waals surface area contributed by atoms with Gasteiger partial charge in [0.25, 0.3) is 0 Å². The van der Waals surface area contributed by atoms with Crippen molar-refractivity contribution in [2.24, 2.45) is 0 Å². The van der Waals surface area contributed by atoms with Crippen molar-refractivity contribution < 1.29 is 0 Å². The summed E-state index contributed by atoms with van der Waals surface area (Å²) in [6.07, 6.45) is 0. The molecule has 0 unspecified atom stereocenters.